The number of halogens is 2. The smallest absolute Gasteiger partial charge is 0.275 e. The lowest BCUT2D eigenvalue weighted by atomic mass is 10.2. The van der Waals surface area contributed by atoms with Crippen molar-refractivity contribution in [1.29, 1.82) is 0 Å². The summed E-state index contributed by atoms with van der Waals surface area (Å²) in [6.07, 6.45) is 1.44. The number of aromatic nitrogens is 1. The molecule has 0 unspecified atom stereocenters. The number of aryl methyl sites for hydroxylation is 1. The molecule has 0 saturated heterocycles. The minimum Gasteiger partial charge on any atom is -0.318 e. The lowest BCUT2D eigenvalue weighted by molar-refractivity contribution is 0.0156. The van der Waals surface area contributed by atoms with Gasteiger partial charge in [0.1, 0.15) is 0 Å². The summed E-state index contributed by atoms with van der Waals surface area (Å²) in [6, 6.07) is 2.57. The van der Waals surface area contributed by atoms with Crippen LogP contribution in [0.25, 0.3) is 0 Å². The van der Waals surface area contributed by atoms with E-state index in [-0.39, 0.29) is 0 Å². The van der Waals surface area contributed by atoms with Gasteiger partial charge in [-0.2, -0.15) is 0 Å². The number of alkyl halides is 2. The highest BCUT2D eigenvalue weighted by Gasteiger charge is 2.27. The second-order valence-electron chi connectivity index (χ2n) is 2.73. The van der Waals surface area contributed by atoms with Gasteiger partial charge in [-0.25, -0.2) is 8.78 Å². The van der Waals surface area contributed by atoms with E-state index in [2.05, 4.69) is 0 Å². The summed E-state index contributed by atoms with van der Waals surface area (Å²) in [5.41, 5.74) is -1.11. The van der Waals surface area contributed by atoms with Crippen molar-refractivity contribution in [2.24, 2.45) is 7.05 Å². The third-order valence-corrected chi connectivity index (χ3v) is 1.60. The molecule has 1 heterocycles. The normalized spacial score (nSPS) is 11.7. The molecular weight excluding hydrogens is 164 g/mol. The summed E-state index contributed by atoms with van der Waals surface area (Å²) < 4.78 is 26.5. The van der Waals surface area contributed by atoms with Crippen LogP contribution >= 0.6 is 0 Å². The molecule has 0 aliphatic carbocycles. The first-order chi connectivity index (χ1) is 5.43. The minimum atomic E-state index is -3.06. The zero-order valence-corrected chi connectivity index (χ0v) is 6.84. The standard InChI is InChI=1S/C8H9F2NO/c1-8(9,10)6-4-3-5-11(2)7(6)12/h3-5H,1-2H3. The maximum Gasteiger partial charge on any atom is 0.275 e. The van der Waals surface area contributed by atoms with Crippen LogP contribution in [0.3, 0.4) is 0 Å². The molecule has 12 heavy (non-hydrogen) atoms. The van der Waals surface area contributed by atoms with Crippen LogP contribution in [-0.4, -0.2) is 4.57 Å². The second-order valence-corrected chi connectivity index (χ2v) is 2.73. The minimum absolute atomic E-state index is 0.465. The van der Waals surface area contributed by atoms with E-state index >= 15 is 0 Å². The highest BCUT2D eigenvalue weighted by molar-refractivity contribution is 5.15. The van der Waals surface area contributed by atoms with E-state index in [1.54, 1.807) is 0 Å². The average Bonchev–Trinajstić information content (AvgIpc) is 1.92. The fourth-order valence-corrected chi connectivity index (χ4v) is 0.931. The first-order valence-corrected chi connectivity index (χ1v) is 3.47. The van der Waals surface area contributed by atoms with Gasteiger partial charge in [0.25, 0.3) is 11.5 Å². The maximum atomic E-state index is 12.7. The number of hydrogen-bond donors (Lipinski definition) is 0. The van der Waals surface area contributed by atoms with Crippen molar-refractivity contribution in [2.45, 2.75) is 12.8 Å². The van der Waals surface area contributed by atoms with Crippen molar-refractivity contribution in [3.8, 4) is 0 Å². The van der Waals surface area contributed by atoms with Crippen LogP contribution in [0.1, 0.15) is 12.5 Å². The average molecular weight is 173 g/mol. The molecule has 0 N–H and O–H groups in total. The molecule has 1 aromatic heterocycles. The molecule has 1 rings (SSSR count). The van der Waals surface area contributed by atoms with Gasteiger partial charge in [-0.05, 0) is 12.1 Å². The second kappa shape index (κ2) is 2.69. The summed E-state index contributed by atoms with van der Waals surface area (Å²) in [5.74, 6) is -3.06. The van der Waals surface area contributed by atoms with Gasteiger partial charge in [-0.15, -0.1) is 0 Å². The Morgan fingerprint density at radius 3 is 2.50 bits per heavy atom. The molecule has 0 amide bonds. The number of pyridine rings is 1. The quantitative estimate of drug-likeness (QED) is 0.630. The summed E-state index contributed by atoms with van der Waals surface area (Å²) in [6.45, 7) is 0.712. The van der Waals surface area contributed by atoms with Crippen molar-refractivity contribution in [3.63, 3.8) is 0 Å². The summed E-state index contributed by atoms with van der Waals surface area (Å²) >= 11 is 0. The lowest BCUT2D eigenvalue weighted by Crippen LogP contribution is -2.26. The number of rotatable bonds is 1. The zero-order chi connectivity index (χ0) is 9.35. The zero-order valence-electron chi connectivity index (χ0n) is 6.84. The molecule has 0 aromatic carbocycles. The molecular formula is C8H9F2NO. The van der Waals surface area contributed by atoms with E-state index in [1.165, 1.54) is 19.3 Å². The van der Waals surface area contributed by atoms with Crippen LogP contribution in [0.5, 0.6) is 0 Å². The largest absolute Gasteiger partial charge is 0.318 e. The van der Waals surface area contributed by atoms with E-state index < -0.39 is 17.0 Å². The molecule has 0 spiro atoms. The predicted molar refractivity (Wildman–Crippen MR) is 41.3 cm³/mol. The molecule has 0 bridgehead atoms. The van der Waals surface area contributed by atoms with Gasteiger partial charge in [0.15, 0.2) is 0 Å². The molecule has 4 heteroatoms. The van der Waals surface area contributed by atoms with Crippen LogP contribution in [-0.2, 0) is 13.0 Å². The molecule has 0 fully saturated rings. The van der Waals surface area contributed by atoms with E-state index in [4.69, 9.17) is 0 Å². The molecule has 2 nitrogen and oxygen atoms in total. The van der Waals surface area contributed by atoms with Crippen molar-refractivity contribution in [2.75, 3.05) is 0 Å². The van der Waals surface area contributed by atoms with Crippen molar-refractivity contribution >= 4 is 0 Å². The van der Waals surface area contributed by atoms with Gasteiger partial charge in [0.2, 0.25) is 0 Å². The summed E-state index contributed by atoms with van der Waals surface area (Å²) in [7, 11) is 1.44. The Bertz CT molecular complexity index is 338. The predicted octanol–water partition coefficient (Wildman–Crippen LogP) is 1.50. The van der Waals surface area contributed by atoms with Crippen molar-refractivity contribution in [1.82, 2.24) is 4.57 Å². The Balaban J connectivity index is 3.37. The van der Waals surface area contributed by atoms with Crippen molar-refractivity contribution in [3.05, 3.63) is 34.2 Å². The van der Waals surface area contributed by atoms with Gasteiger partial charge >= 0.3 is 0 Å². The SMILES string of the molecule is Cn1cccc(C(C)(F)F)c1=O. The first-order valence-electron chi connectivity index (χ1n) is 3.47. The van der Waals surface area contributed by atoms with Crippen LogP contribution < -0.4 is 5.56 Å². The van der Waals surface area contributed by atoms with Crippen LogP contribution in [0.15, 0.2) is 23.1 Å². The maximum absolute atomic E-state index is 12.7. The van der Waals surface area contributed by atoms with Crippen LogP contribution in [0.2, 0.25) is 0 Å². The van der Waals surface area contributed by atoms with Crippen LogP contribution in [0.4, 0.5) is 8.78 Å². The van der Waals surface area contributed by atoms with Gasteiger partial charge in [0.05, 0.1) is 5.56 Å². The fourth-order valence-electron chi connectivity index (χ4n) is 0.931. The molecule has 1 aromatic rings. The van der Waals surface area contributed by atoms with Gasteiger partial charge in [0, 0.05) is 20.2 Å². The van der Waals surface area contributed by atoms with Gasteiger partial charge in [-0.1, -0.05) is 0 Å². The van der Waals surface area contributed by atoms with E-state index in [1.807, 2.05) is 0 Å². The third kappa shape index (κ3) is 1.52. The lowest BCUT2D eigenvalue weighted by Gasteiger charge is -2.09. The topological polar surface area (TPSA) is 22.0 Å². The first kappa shape index (κ1) is 8.90. The molecule has 0 radical (unpaired) electrons. The number of hydrogen-bond acceptors (Lipinski definition) is 1. The Hall–Kier alpha value is -1.19. The van der Waals surface area contributed by atoms with E-state index in [0.29, 0.717) is 6.92 Å². The Labute approximate surface area is 68.4 Å². The van der Waals surface area contributed by atoms with Gasteiger partial charge < -0.3 is 4.57 Å². The summed E-state index contributed by atoms with van der Waals surface area (Å²) in [4.78, 5) is 11.1. The molecule has 66 valence electrons. The Kier molecular flexibility index (Phi) is 2.00. The van der Waals surface area contributed by atoms with E-state index in [9.17, 15) is 13.6 Å². The Morgan fingerprint density at radius 1 is 1.50 bits per heavy atom. The number of nitrogens with zero attached hydrogens (tertiary/aromatic N) is 1. The Morgan fingerprint density at radius 2 is 2.08 bits per heavy atom. The highest BCUT2D eigenvalue weighted by atomic mass is 19.3. The molecule has 0 aliphatic rings. The van der Waals surface area contributed by atoms with E-state index in [0.717, 1.165) is 10.6 Å². The fraction of sp³-hybridized carbons (Fsp3) is 0.375. The molecule has 0 atom stereocenters. The molecule has 0 saturated carbocycles. The molecule has 0 aliphatic heterocycles. The van der Waals surface area contributed by atoms with Crippen molar-refractivity contribution < 1.29 is 8.78 Å². The van der Waals surface area contributed by atoms with Crippen LogP contribution in [0, 0.1) is 0 Å². The monoisotopic (exact) mass is 173 g/mol. The third-order valence-electron chi connectivity index (χ3n) is 1.60. The van der Waals surface area contributed by atoms with Gasteiger partial charge in [-0.3, -0.25) is 4.79 Å². The highest BCUT2D eigenvalue weighted by Crippen LogP contribution is 2.22. The summed E-state index contributed by atoms with van der Waals surface area (Å²) in [5, 5.41) is 0.